The van der Waals surface area contributed by atoms with Crippen molar-refractivity contribution in [1.82, 2.24) is 10.3 Å². The van der Waals surface area contributed by atoms with Crippen molar-refractivity contribution in [2.24, 2.45) is 5.41 Å². The molecule has 0 aliphatic rings. The minimum absolute atomic E-state index is 0.413. The van der Waals surface area contributed by atoms with Crippen LogP contribution in [0.2, 0.25) is 0 Å². The Morgan fingerprint density at radius 1 is 1.28 bits per heavy atom. The topological polar surface area (TPSA) is 24.9 Å². The van der Waals surface area contributed by atoms with Crippen molar-refractivity contribution in [3.8, 4) is 0 Å². The standard InChI is InChI=1S/C16H28N2/c1-5-11-17-15(9-10-16(2,3)4)13-14-8-6-7-12-18-14/h6-8,12,15,17H,5,9-11,13H2,1-4H3. The number of rotatable bonds is 7. The van der Waals surface area contributed by atoms with Gasteiger partial charge in [-0.05, 0) is 43.4 Å². The minimum Gasteiger partial charge on any atom is -0.314 e. The fraction of sp³-hybridized carbons (Fsp3) is 0.688. The van der Waals surface area contributed by atoms with E-state index < -0.39 is 0 Å². The van der Waals surface area contributed by atoms with Gasteiger partial charge in [-0.15, -0.1) is 0 Å². The summed E-state index contributed by atoms with van der Waals surface area (Å²) in [6, 6.07) is 6.73. The van der Waals surface area contributed by atoms with Crippen LogP contribution in [-0.4, -0.2) is 17.6 Å². The molecule has 0 aliphatic carbocycles. The zero-order chi connectivity index (χ0) is 13.4. The molecule has 1 N–H and O–H groups in total. The van der Waals surface area contributed by atoms with E-state index in [0.29, 0.717) is 11.5 Å². The first-order valence-electron chi connectivity index (χ1n) is 7.14. The zero-order valence-electron chi connectivity index (χ0n) is 12.4. The van der Waals surface area contributed by atoms with Crippen LogP contribution in [0.5, 0.6) is 0 Å². The van der Waals surface area contributed by atoms with Crippen LogP contribution in [0.1, 0.15) is 52.7 Å². The predicted molar refractivity (Wildman–Crippen MR) is 78.7 cm³/mol. The van der Waals surface area contributed by atoms with E-state index >= 15 is 0 Å². The highest BCUT2D eigenvalue weighted by molar-refractivity contribution is 5.05. The van der Waals surface area contributed by atoms with Gasteiger partial charge in [-0.1, -0.05) is 33.8 Å². The molecular weight excluding hydrogens is 220 g/mol. The summed E-state index contributed by atoms with van der Waals surface area (Å²) in [5.41, 5.74) is 1.61. The average molecular weight is 248 g/mol. The van der Waals surface area contributed by atoms with Gasteiger partial charge in [-0.2, -0.15) is 0 Å². The van der Waals surface area contributed by atoms with E-state index in [9.17, 15) is 0 Å². The molecule has 0 aliphatic heterocycles. The van der Waals surface area contributed by atoms with Crippen molar-refractivity contribution < 1.29 is 0 Å². The van der Waals surface area contributed by atoms with Gasteiger partial charge in [0.2, 0.25) is 0 Å². The largest absolute Gasteiger partial charge is 0.314 e. The molecule has 1 atom stereocenters. The lowest BCUT2D eigenvalue weighted by Crippen LogP contribution is -2.33. The lowest BCUT2D eigenvalue weighted by molar-refractivity contribution is 0.328. The summed E-state index contributed by atoms with van der Waals surface area (Å²) in [4.78, 5) is 4.43. The fourth-order valence-electron chi connectivity index (χ4n) is 2.00. The van der Waals surface area contributed by atoms with Gasteiger partial charge in [0.15, 0.2) is 0 Å². The van der Waals surface area contributed by atoms with Crippen LogP contribution in [0.25, 0.3) is 0 Å². The molecule has 1 heterocycles. The van der Waals surface area contributed by atoms with Gasteiger partial charge in [0.1, 0.15) is 0 Å². The van der Waals surface area contributed by atoms with Crippen LogP contribution in [0.4, 0.5) is 0 Å². The maximum absolute atomic E-state index is 4.43. The van der Waals surface area contributed by atoms with Gasteiger partial charge in [0.25, 0.3) is 0 Å². The maximum Gasteiger partial charge on any atom is 0.0419 e. The third kappa shape index (κ3) is 6.75. The molecule has 1 aromatic heterocycles. The summed E-state index contributed by atoms with van der Waals surface area (Å²) in [7, 11) is 0. The molecule has 2 nitrogen and oxygen atoms in total. The molecule has 0 amide bonds. The molecule has 0 spiro atoms. The van der Waals surface area contributed by atoms with Crippen LogP contribution in [0, 0.1) is 5.41 Å². The van der Waals surface area contributed by atoms with E-state index in [4.69, 9.17) is 0 Å². The summed E-state index contributed by atoms with van der Waals surface area (Å²) >= 11 is 0. The number of nitrogens with one attached hydrogen (secondary N) is 1. The maximum atomic E-state index is 4.43. The van der Waals surface area contributed by atoms with Crippen molar-refractivity contribution in [3.05, 3.63) is 30.1 Å². The second-order valence-electron chi connectivity index (χ2n) is 6.28. The molecule has 0 fully saturated rings. The molecule has 1 unspecified atom stereocenters. The summed E-state index contributed by atoms with van der Waals surface area (Å²) in [5, 5.41) is 3.65. The van der Waals surface area contributed by atoms with Gasteiger partial charge in [-0.3, -0.25) is 4.98 Å². The molecule has 18 heavy (non-hydrogen) atoms. The molecule has 102 valence electrons. The minimum atomic E-state index is 0.413. The fourth-order valence-corrected chi connectivity index (χ4v) is 2.00. The molecule has 0 saturated heterocycles. The highest BCUT2D eigenvalue weighted by atomic mass is 14.9. The van der Waals surface area contributed by atoms with Crippen molar-refractivity contribution in [2.45, 2.75) is 59.4 Å². The van der Waals surface area contributed by atoms with E-state index in [2.05, 4.69) is 50.1 Å². The Kier molecular flexibility index (Phi) is 6.34. The Morgan fingerprint density at radius 3 is 2.61 bits per heavy atom. The van der Waals surface area contributed by atoms with Crippen LogP contribution < -0.4 is 5.32 Å². The molecule has 2 heteroatoms. The van der Waals surface area contributed by atoms with E-state index in [1.165, 1.54) is 25.0 Å². The number of nitrogens with zero attached hydrogens (tertiary/aromatic N) is 1. The monoisotopic (exact) mass is 248 g/mol. The first-order valence-corrected chi connectivity index (χ1v) is 7.14. The summed E-state index contributed by atoms with van der Waals surface area (Å²) in [6.07, 6.45) is 6.59. The van der Waals surface area contributed by atoms with Crippen molar-refractivity contribution in [1.29, 1.82) is 0 Å². The van der Waals surface area contributed by atoms with Gasteiger partial charge in [0, 0.05) is 24.4 Å². The summed E-state index contributed by atoms with van der Waals surface area (Å²) < 4.78 is 0. The first-order chi connectivity index (χ1) is 8.51. The lowest BCUT2D eigenvalue weighted by atomic mass is 9.88. The third-order valence-corrected chi connectivity index (χ3v) is 3.11. The van der Waals surface area contributed by atoms with Gasteiger partial charge in [-0.25, -0.2) is 0 Å². The van der Waals surface area contributed by atoms with Crippen LogP contribution in [-0.2, 0) is 6.42 Å². The molecule has 0 aromatic carbocycles. The molecule has 1 rings (SSSR count). The van der Waals surface area contributed by atoms with Crippen LogP contribution in [0.15, 0.2) is 24.4 Å². The number of pyridine rings is 1. The van der Waals surface area contributed by atoms with Gasteiger partial charge < -0.3 is 5.32 Å². The Bertz CT molecular complexity index is 314. The molecular formula is C16H28N2. The van der Waals surface area contributed by atoms with E-state index in [-0.39, 0.29) is 0 Å². The Labute approximate surface area is 112 Å². The second-order valence-corrected chi connectivity index (χ2v) is 6.28. The highest BCUT2D eigenvalue weighted by Crippen LogP contribution is 2.22. The Hall–Kier alpha value is -0.890. The summed E-state index contributed by atoms with van der Waals surface area (Å²) in [5.74, 6) is 0. The highest BCUT2D eigenvalue weighted by Gasteiger charge is 2.15. The number of hydrogen-bond acceptors (Lipinski definition) is 2. The van der Waals surface area contributed by atoms with Gasteiger partial charge >= 0.3 is 0 Å². The van der Waals surface area contributed by atoms with Gasteiger partial charge in [0.05, 0.1) is 0 Å². The second kappa shape index (κ2) is 7.52. The van der Waals surface area contributed by atoms with Crippen molar-refractivity contribution >= 4 is 0 Å². The smallest absolute Gasteiger partial charge is 0.0419 e. The number of hydrogen-bond donors (Lipinski definition) is 1. The molecule has 1 aromatic rings. The quantitative estimate of drug-likeness (QED) is 0.793. The SMILES string of the molecule is CCCNC(CCC(C)(C)C)Cc1ccccn1. The van der Waals surface area contributed by atoms with Crippen LogP contribution >= 0.6 is 0 Å². The third-order valence-electron chi connectivity index (χ3n) is 3.11. The predicted octanol–water partition coefficient (Wildman–Crippen LogP) is 3.82. The molecule has 0 radical (unpaired) electrons. The van der Waals surface area contributed by atoms with E-state index in [0.717, 1.165) is 13.0 Å². The van der Waals surface area contributed by atoms with Crippen molar-refractivity contribution in [3.63, 3.8) is 0 Å². The number of aromatic nitrogens is 1. The Balaban J connectivity index is 2.50. The average Bonchev–Trinajstić information content (AvgIpc) is 2.33. The molecule has 0 bridgehead atoms. The van der Waals surface area contributed by atoms with Crippen LogP contribution in [0.3, 0.4) is 0 Å². The van der Waals surface area contributed by atoms with Crippen molar-refractivity contribution in [2.75, 3.05) is 6.54 Å². The Morgan fingerprint density at radius 2 is 2.06 bits per heavy atom. The summed E-state index contributed by atoms with van der Waals surface area (Å²) in [6.45, 7) is 10.2. The van der Waals surface area contributed by atoms with E-state index in [1.54, 1.807) is 0 Å². The lowest BCUT2D eigenvalue weighted by Gasteiger charge is -2.24. The van der Waals surface area contributed by atoms with E-state index in [1.807, 2.05) is 12.3 Å². The molecule has 0 saturated carbocycles. The normalized spacial score (nSPS) is 13.6. The first kappa shape index (κ1) is 15.2. The zero-order valence-corrected chi connectivity index (χ0v) is 12.4.